The smallest absolute Gasteiger partial charge is 0.231 e. The molecule has 0 bridgehead atoms. The Hall–Kier alpha value is -2.05. The molecular weight excluding hydrogens is 294 g/mol. The van der Waals surface area contributed by atoms with Crippen molar-refractivity contribution in [2.24, 2.45) is 5.92 Å². The molecule has 122 valence electrons. The van der Waals surface area contributed by atoms with Crippen molar-refractivity contribution in [3.63, 3.8) is 0 Å². The molecule has 0 radical (unpaired) electrons. The van der Waals surface area contributed by atoms with Crippen LogP contribution in [-0.4, -0.2) is 41.7 Å². The first kappa shape index (κ1) is 14.5. The summed E-state index contributed by atoms with van der Waals surface area (Å²) in [5, 5.41) is 4.44. The van der Waals surface area contributed by atoms with E-state index in [0.29, 0.717) is 12.7 Å². The average Bonchev–Trinajstić information content (AvgIpc) is 3.13. The summed E-state index contributed by atoms with van der Waals surface area (Å²) in [5.74, 6) is 2.12. The lowest BCUT2D eigenvalue weighted by molar-refractivity contribution is 0.114. The lowest BCUT2D eigenvalue weighted by atomic mass is 10.1. The minimum absolute atomic E-state index is 0.317. The van der Waals surface area contributed by atoms with E-state index in [-0.39, 0.29) is 0 Å². The number of aromatic nitrogens is 2. The normalized spacial score (nSPS) is 20.3. The predicted molar refractivity (Wildman–Crippen MR) is 84.3 cm³/mol. The highest BCUT2D eigenvalue weighted by atomic mass is 16.7. The average molecular weight is 315 g/mol. The summed E-state index contributed by atoms with van der Waals surface area (Å²) in [7, 11) is 1.76. The lowest BCUT2D eigenvalue weighted by Gasteiger charge is -2.23. The summed E-state index contributed by atoms with van der Waals surface area (Å²) >= 11 is 0. The van der Waals surface area contributed by atoms with Gasteiger partial charge in [0.2, 0.25) is 6.79 Å². The van der Waals surface area contributed by atoms with E-state index in [1.54, 1.807) is 7.11 Å². The number of methoxy groups -OCH3 is 1. The molecule has 1 aromatic heterocycles. The molecule has 0 saturated carbocycles. The van der Waals surface area contributed by atoms with Gasteiger partial charge in [0, 0.05) is 45.4 Å². The zero-order chi connectivity index (χ0) is 15.6. The highest BCUT2D eigenvalue weighted by Gasteiger charge is 2.23. The zero-order valence-electron chi connectivity index (χ0n) is 13.3. The van der Waals surface area contributed by atoms with Gasteiger partial charge in [-0.05, 0) is 23.8 Å². The first-order valence-electron chi connectivity index (χ1n) is 7.92. The Bertz CT molecular complexity index is 685. The Kier molecular flexibility index (Phi) is 3.93. The molecule has 0 amide bonds. The highest BCUT2D eigenvalue weighted by molar-refractivity contribution is 5.44. The summed E-state index contributed by atoms with van der Waals surface area (Å²) in [5.41, 5.74) is 2.49. The third-order valence-corrected chi connectivity index (χ3v) is 4.38. The maximum atomic E-state index is 5.48. The van der Waals surface area contributed by atoms with Gasteiger partial charge in [-0.15, -0.1) is 0 Å². The molecule has 0 aliphatic carbocycles. The van der Waals surface area contributed by atoms with Crippen LogP contribution in [0.25, 0.3) is 0 Å². The Labute approximate surface area is 135 Å². The first-order chi connectivity index (χ1) is 11.3. The maximum Gasteiger partial charge on any atom is 0.231 e. The number of hydrogen-bond acceptors (Lipinski definition) is 5. The summed E-state index contributed by atoms with van der Waals surface area (Å²) in [6.45, 7) is 4.74. The predicted octanol–water partition coefficient (Wildman–Crippen LogP) is 1.89. The molecule has 0 spiro atoms. The monoisotopic (exact) mass is 315 g/mol. The maximum absolute atomic E-state index is 5.48. The number of ether oxygens (including phenoxy) is 3. The highest BCUT2D eigenvalue weighted by Crippen LogP contribution is 2.33. The van der Waals surface area contributed by atoms with Crippen LogP contribution in [0.1, 0.15) is 11.3 Å². The van der Waals surface area contributed by atoms with Gasteiger partial charge in [0.1, 0.15) is 0 Å². The molecule has 2 aliphatic heterocycles. The fourth-order valence-electron chi connectivity index (χ4n) is 3.38. The molecule has 0 saturated heterocycles. The Morgan fingerprint density at radius 3 is 3.04 bits per heavy atom. The molecule has 23 heavy (non-hydrogen) atoms. The molecule has 0 unspecified atom stereocenters. The van der Waals surface area contributed by atoms with Crippen LogP contribution in [0.15, 0.2) is 30.5 Å². The fourth-order valence-corrected chi connectivity index (χ4v) is 3.38. The minimum atomic E-state index is 0.317. The summed E-state index contributed by atoms with van der Waals surface area (Å²) in [6.07, 6.45) is 1.88. The molecule has 6 heteroatoms. The van der Waals surface area contributed by atoms with Crippen LogP contribution in [0, 0.1) is 5.92 Å². The number of nitrogens with zero attached hydrogens (tertiary/aromatic N) is 3. The summed E-state index contributed by atoms with van der Waals surface area (Å²) in [6, 6.07) is 8.28. The van der Waals surface area contributed by atoms with Crippen molar-refractivity contribution >= 4 is 0 Å². The Balaban J connectivity index is 1.53. The van der Waals surface area contributed by atoms with E-state index >= 15 is 0 Å². The van der Waals surface area contributed by atoms with Crippen LogP contribution in [0.3, 0.4) is 0 Å². The molecule has 4 rings (SSSR count). The van der Waals surface area contributed by atoms with Crippen molar-refractivity contribution in [2.45, 2.75) is 19.6 Å². The molecule has 1 aromatic carbocycles. The van der Waals surface area contributed by atoms with Crippen molar-refractivity contribution in [1.29, 1.82) is 0 Å². The van der Waals surface area contributed by atoms with Gasteiger partial charge in [0.05, 0.1) is 12.3 Å². The second-order valence-electron chi connectivity index (χ2n) is 6.18. The molecule has 2 aromatic rings. The van der Waals surface area contributed by atoms with Gasteiger partial charge < -0.3 is 14.2 Å². The van der Waals surface area contributed by atoms with Crippen molar-refractivity contribution in [3.8, 4) is 11.5 Å². The van der Waals surface area contributed by atoms with Crippen molar-refractivity contribution in [3.05, 3.63) is 41.7 Å². The van der Waals surface area contributed by atoms with E-state index < -0.39 is 0 Å². The van der Waals surface area contributed by atoms with Gasteiger partial charge in [-0.1, -0.05) is 6.07 Å². The van der Waals surface area contributed by atoms with Gasteiger partial charge in [-0.25, -0.2) is 0 Å². The van der Waals surface area contributed by atoms with Crippen LogP contribution in [0.4, 0.5) is 0 Å². The quantitative estimate of drug-likeness (QED) is 0.862. The minimum Gasteiger partial charge on any atom is -0.454 e. The second-order valence-corrected chi connectivity index (χ2v) is 6.18. The first-order valence-corrected chi connectivity index (χ1v) is 7.92. The van der Waals surface area contributed by atoms with Crippen LogP contribution in [0.2, 0.25) is 0 Å². The van der Waals surface area contributed by atoms with Crippen molar-refractivity contribution < 1.29 is 14.2 Å². The van der Waals surface area contributed by atoms with E-state index in [2.05, 4.69) is 32.9 Å². The standard InChI is InChI=1S/C17H21N3O3/c1-21-11-14-8-19(10-15-4-5-18-20(15)9-14)7-13-2-3-16-17(6-13)23-12-22-16/h2-6,14H,7-12H2,1H3/t14-/m0/s1. The Morgan fingerprint density at radius 1 is 1.22 bits per heavy atom. The number of benzene rings is 1. The fraction of sp³-hybridized carbons (Fsp3) is 0.471. The molecule has 1 atom stereocenters. The van der Waals surface area contributed by atoms with E-state index in [1.807, 2.05) is 12.3 Å². The van der Waals surface area contributed by atoms with Crippen LogP contribution in [0.5, 0.6) is 11.5 Å². The van der Waals surface area contributed by atoms with Gasteiger partial charge in [-0.3, -0.25) is 9.58 Å². The topological polar surface area (TPSA) is 48.8 Å². The van der Waals surface area contributed by atoms with Crippen molar-refractivity contribution in [2.75, 3.05) is 27.1 Å². The van der Waals surface area contributed by atoms with Gasteiger partial charge in [0.15, 0.2) is 11.5 Å². The van der Waals surface area contributed by atoms with E-state index in [9.17, 15) is 0 Å². The molecule has 6 nitrogen and oxygen atoms in total. The van der Waals surface area contributed by atoms with E-state index in [0.717, 1.165) is 44.3 Å². The van der Waals surface area contributed by atoms with Crippen LogP contribution >= 0.6 is 0 Å². The molecule has 0 fully saturated rings. The van der Waals surface area contributed by atoms with E-state index in [4.69, 9.17) is 14.2 Å². The van der Waals surface area contributed by atoms with Gasteiger partial charge in [0.25, 0.3) is 0 Å². The molecule has 0 N–H and O–H groups in total. The molecule has 3 heterocycles. The summed E-state index contributed by atoms with van der Waals surface area (Å²) in [4.78, 5) is 2.45. The van der Waals surface area contributed by atoms with Crippen LogP contribution < -0.4 is 9.47 Å². The number of hydrogen-bond donors (Lipinski definition) is 0. The van der Waals surface area contributed by atoms with Gasteiger partial charge in [-0.2, -0.15) is 5.10 Å². The largest absolute Gasteiger partial charge is 0.454 e. The van der Waals surface area contributed by atoms with Gasteiger partial charge >= 0.3 is 0 Å². The zero-order valence-corrected chi connectivity index (χ0v) is 13.3. The number of fused-ring (bicyclic) bond motifs is 2. The summed E-state index contributed by atoms with van der Waals surface area (Å²) < 4.78 is 18.3. The number of rotatable bonds is 4. The Morgan fingerprint density at radius 2 is 2.13 bits per heavy atom. The molecular formula is C17H21N3O3. The lowest BCUT2D eigenvalue weighted by Crippen LogP contribution is -2.29. The van der Waals surface area contributed by atoms with Crippen LogP contribution in [-0.2, 0) is 24.4 Å². The van der Waals surface area contributed by atoms with E-state index in [1.165, 1.54) is 11.3 Å². The molecule has 2 aliphatic rings. The third-order valence-electron chi connectivity index (χ3n) is 4.38. The SMILES string of the molecule is COC[C@H]1CN(Cc2ccc3c(c2)OCO3)Cc2ccnn2C1. The van der Waals surface area contributed by atoms with Crippen molar-refractivity contribution in [1.82, 2.24) is 14.7 Å². The third kappa shape index (κ3) is 3.04. The second kappa shape index (κ2) is 6.22.